The van der Waals surface area contributed by atoms with E-state index in [1.807, 2.05) is 58.6 Å². The Hall–Kier alpha value is -3.88. The molecule has 0 N–H and O–H groups in total. The predicted octanol–water partition coefficient (Wildman–Crippen LogP) is 1.79. The van der Waals surface area contributed by atoms with Crippen LogP contribution in [0.3, 0.4) is 0 Å². The summed E-state index contributed by atoms with van der Waals surface area (Å²) in [6.07, 6.45) is 8.31. The largest absolute Gasteiger partial charge is 0.337 e. The van der Waals surface area contributed by atoms with Crippen molar-refractivity contribution in [2.75, 3.05) is 0 Å². The summed E-state index contributed by atoms with van der Waals surface area (Å²) < 4.78 is 8.66. The van der Waals surface area contributed by atoms with Crippen LogP contribution in [0.5, 0.6) is 0 Å². The fraction of sp³-hybridized carbons (Fsp3) is 0.273. The van der Waals surface area contributed by atoms with Gasteiger partial charge in [0, 0.05) is 44.4 Å². The topological polar surface area (TPSA) is 84.0 Å². The second-order valence-electron chi connectivity index (χ2n) is 7.75. The van der Waals surface area contributed by atoms with E-state index in [0.717, 1.165) is 30.8 Å². The van der Waals surface area contributed by atoms with E-state index in [1.165, 1.54) is 9.13 Å². The minimum Gasteiger partial charge on any atom is -0.337 e. The first-order chi connectivity index (χ1) is 15.0. The van der Waals surface area contributed by atoms with E-state index in [-0.39, 0.29) is 17.8 Å². The molecule has 0 saturated heterocycles. The number of benzene rings is 1. The fourth-order valence-electron chi connectivity index (χ4n) is 4.07. The van der Waals surface area contributed by atoms with Gasteiger partial charge in [-0.15, -0.1) is 0 Å². The molecule has 1 aromatic carbocycles. The van der Waals surface area contributed by atoms with Crippen molar-refractivity contribution in [1.82, 2.24) is 32.6 Å². The van der Waals surface area contributed by atoms with Crippen molar-refractivity contribution in [3.05, 3.63) is 87.3 Å². The van der Waals surface area contributed by atoms with Crippen LogP contribution in [0, 0.1) is 6.92 Å². The Bertz CT molecular complexity index is 1480. The summed E-state index contributed by atoms with van der Waals surface area (Å²) in [5.41, 5.74) is 2.03. The molecule has 5 rings (SSSR count). The van der Waals surface area contributed by atoms with Gasteiger partial charge >= 0.3 is 5.69 Å². The predicted molar refractivity (Wildman–Crippen MR) is 117 cm³/mol. The molecule has 9 nitrogen and oxygen atoms in total. The lowest BCUT2D eigenvalue weighted by Gasteiger charge is -2.08. The van der Waals surface area contributed by atoms with Gasteiger partial charge in [0.15, 0.2) is 11.2 Å². The van der Waals surface area contributed by atoms with E-state index in [0.29, 0.717) is 16.9 Å². The minimum absolute atomic E-state index is 0.222. The highest BCUT2D eigenvalue weighted by Crippen LogP contribution is 2.17. The average molecular weight is 417 g/mol. The van der Waals surface area contributed by atoms with E-state index in [9.17, 15) is 9.59 Å². The summed E-state index contributed by atoms with van der Waals surface area (Å²) in [6.45, 7) is 3.81. The van der Waals surface area contributed by atoms with Crippen LogP contribution in [0.4, 0.5) is 0 Å². The lowest BCUT2D eigenvalue weighted by molar-refractivity contribution is 0.564. The number of hydrogen-bond acceptors (Lipinski definition) is 4. The molecule has 0 atom stereocenters. The quantitative estimate of drug-likeness (QED) is 0.422. The molecule has 0 radical (unpaired) electrons. The van der Waals surface area contributed by atoms with Crippen molar-refractivity contribution < 1.29 is 0 Å². The number of nitrogens with zero attached hydrogens (tertiary/aromatic N) is 7. The number of fused-ring (bicyclic) bond motifs is 3. The van der Waals surface area contributed by atoms with Gasteiger partial charge in [-0.1, -0.05) is 30.3 Å². The Kier molecular flexibility index (Phi) is 4.58. The van der Waals surface area contributed by atoms with Gasteiger partial charge in [0.1, 0.15) is 0 Å². The summed E-state index contributed by atoms with van der Waals surface area (Å²) in [7, 11) is 1.66. The molecule has 4 heterocycles. The molecule has 0 bridgehead atoms. The van der Waals surface area contributed by atoms with Gasteiger partial charge in [-0.05, 0) is 18.9 Å². The van der Waals surface area contributed by atoms with Crippen molar-refractivity contribution in [3.8, 4) is 0 Å². The molecule has 0 unspecified atom stereocenters. The zero-order valence-corrected chi connectivity index (χ0v) is 17.5. The van der Waals surface area contributed by atoms with Crippen LogP contribution >= 0.6 is 0 Å². The van der Waals surface area contributed by atoms with Gasteiger partial charge in [0.05, 0.1) is 12.9 Å². The van der Waals surface area contributed by atoms with E-state index < -0.39 is 0 Å². The third-order valence-electron chi connectivity index (χ3n) is 5.68. The molecule has 0 aliphatic rings. The number of aryl methyl sites for hydroxylation is 4. The Morgan fingerprint density at radius 2 is 1.84 bits per heavy atom. The molecule has 5 aromatic rings. The number of hydrogen-bond donors (Lipinski definition) is 0. The molecule has 0 aliphatic carbocycles. The van der Waals surface area contributed by atoms with Gasteiger partial charge in [-0.3, -0.25) is 18.3 Å². The highest BCUT2D eigenvalue weighted by molar-refractivity contribution is 5.75. The van der Waals surface area contributed by atoms with Gasteiger partial charge in [-0.25, -0.2) is 9.78 Å². The Balaban J connectivity index is 1.60. The molecule has 0 aliphatic heterocycles. The zero-order chi connectivity index (χ0) is 21.5. The van der Waals surface area contributed by atoms with Crippen molar-refractivity contribution in [2.24, 2.45) is 7.05 Å². The summed E-state index contributed by atoms with van der Waals surface area (Å²) in [5, 5.41) is 0. The van der Waals surface area contributed by atoms with Gasteiger partial charge in [0.25, 0.3) is 5.56 Å². The summed E-state index contributed by atoms with van der Waals surface area (Å²) in [6, 6.07) is 9.51. The van der Waals surface area contributed by atoms with Crippen molar-refractivity contribution in [3.63, 3.8) is 0 Å². The Labute approximate surface area is 177 Å². The first-order valence-electron chi connectivity index (χ1n) is 10.2. The van der Waals surface area contributed by atoms with Gasteiger partial charge in [0.2, 0.25) is 5.78 Å². The third kappa shape index (κ3) is 3.18. The molecule has 31 heavy (non-hydrogen) atoms. The number of imidazole rings is 3. The summed E-state index contributed by atoms with van der Waals surface area (Å²) in [4.78, 5) is 35.0. The van der Waals surface area contributed by atoms with Crippen LogP contribution in [-0.2, 0) is 26.7 Å². The van der Waals surface area contributed by atoms with Crippen LogP contribution in [0.15, 0.2) is 64.8 Å². The highest BCUT2D eigenvalue weighted by Gasteiger charge is 2.20. The lowest BCUT2D eigenvalue weighted by Crippen LogP contribution is -2.39. The smallest absolute Gasteiger partial charge is 0.332 e. The minimum atomic E-state index is -0.370. The van der Waals surface area contributed by atoms with Crippen molar-refractivity contribution in [1.29, 1.82) is 0 Å². The molecule has 0 spiro atoms. The normalized spacial score (nSPS) is 11.7. The highest BCUT2D eigenvalue weighted by atomic mass is 16.2. The molecular formula is C22H23N7O2. The maximum Gasteiger partial charge on any atom is 0.332 e. The molecule has 0 saturated carbocycles. The van der Waals surface area contributed by atoms with Crippen LogP contribution in [0.2, 0.25) is 0 Å². The molecule has 0 amide bonds. The molecular weight excluding hydrogens is 394 g/mol. The van der Waals surface area contributed by atoms with E-state index in [2.05, 4.69) is 14.5 Å². The maximum atomic E-state index is 13.3. The van der Waals surface area contributed by atoms with Gasteiger partial charge < -0.3 is 9.13 Å². The lowest BCUT2D eigenvalue weighted by atomic mass is 10.2. The first kappa shape index (κ1) is 19.1. The summed E-state index contributed by atoms with van der Waals surface area (Å²) >= 11 is 0. The van der Waals surface area contributed by atoms with Crippen molar-refractivity contribution in [2.45, 2.75) is 33.0 Å². The standard InChI is InChI=1S/C22H23N7O2/c1-16-13-28-18-19(24-21(28)27(16)11-6-10-26-12-9-23-15-26)25(2)22(31)29(20(18)30)14-17-7-4-3-5-8-17/h3-5,7-9,12-13,15H,6,10-11,14H2,1-2H3. The number of rotatable bonds is 6. The summed E-state index contributed by atoms with van der Waals surface area (Å²) in [5.74, 6) is 0.669. The maximum absolute atomic E-state index is 13.3. The SMILES string of the molecule is Cc1cn2c3c(=O)n(Cc4ccccc4)c(=O)n(C)c3nc2n1CCCn1ccnc1. The van der Waals surface area contributed by atoms with E-state index in [4.69, 9.17) is 0 Å². The average Bonchev–Trinajstić information content (AvgIpc) is 3.48. The van der Waals surface area contributed by atoms with Crippen LogP contribution in [0.25, 0.3) is 16.9 Å². The monoisotopic (exact) mass is 417 g/mol. The van der Waals surface area contributed by atoms with E-state index in [1.54, 1.807) is 19.6 Å². The first-order valence-corrected chi connectivity index (χ1v) is 10.2. The van der Waals surface area contributed by atoms with Crippen LogP contribution in [-0.4, -0.2) is 32.6 Å². The fourth-order valence-corrected chi connectivity index (χ4v) is 4.07. The molecule has 0 fully saturated rings. The number of aromatic nitrogens is 7. The Morgan fingerprint density at radius 1 is 1.03 bits per heavy atom. The van der Waals surface area contributed by atoms with Gasteiger partial charge in [-0.2, -0.15) is 4.98 Å². The van der Waals surface area contributed by atoms with Crippen LogP contribution < -0.4 is 11.2 Å². The second-order valence-corrected chi connectivity index (χ2v) is 7.75. The Morgan fingerprint density at radius 3 is 2.58 bits per heavy atom. The van der Waals surface area contributed by atoms with Crippen molar-refractivity contribution >= 4 is 16.9 Å². The zero-order valence-electron chi connectivity index (χ0n) is 17.5. The van der Waals surface area contributed by atoms with Crippen LogP contribution in [0.1, 0.15) is 17.7 Å². The molecule has 158 valence electrons. The van der Waals surface area contributed by atoms with E-state index >= 15 is 0 Å². The molecule has 4 aromatic heterocycles. The third-order valence-corrected chi connectivity index (χ3v) is 5.68. The second kappa shape index (κ2) is 7.42. The molecule has 9 heteroatoms.